The maximum atomic E-state index is 13.3. The van der Waals surface area contributed by atoms with E-state index in [1.807, 2.05) is 45.9 Å². The van der Waals surface area contributed by atoms with Crippen molar-refractivity contribution in [2.24, 2.45) is 5.92 Å². The SMILES string of the molecule is CCN(Cc1nc2ccccc2c(=O)[nH]1)C(=O)C(NC(=O)c1cccc(C)c1)C(C)C. The molecule has 0 aliphatic carbocycles. The number of nitrogens with zero attached hydrogens (tertiary/aromatic N) is 2. The zero-order chi connectivity index (χ0) is 22.5. The Balaban J connectivity index is 1.81. The summed E-state index contributed by atoms with van der Waals surface area (Å²) in [5.74, 6) is -0.205. The number of likely N-dealkylation sites (N-methyl/N-ethyl adjacent to an activating group) is 1. The standard InChI is InChI=1S/C24H28N4O3/c1-5-28(14-20-25-19-12-7-6-11-18(19)23(30)26-20)24(31)21(15(2)3)27-22(29)17-10-8-9-16(4)13-17/h6-13,15,21H,5,14H2,1-4H3,(H,27,29)(H,25,26,30). The van der Waals surface area contributed by atoms with E-state index in [9.17, 15) is 14.4 Å². The fraction of sp³-hybridized carbons (Fsp3) is 0.333. The van der Waals surface area contributed by atoms with Gasteiger partial charge in [0.25, 0.3) is 11.5 Å². The van der Waals surface area contributed by atoms with Crippen molar-refractivity contribution in [1.82, 2.24) is 20.2 Å². The van der Waals surface area contributed by atoms with E-state index in [1.54, 1.807) is 35.2 Å². The lowest BCUT2D eigenvalue weighted by atomic mass is 10.0. The number of benzene rings is 2. The van der Waals surface area contributed by atoms with Gasteiger partial charge in [-0.1, -0.05) is 43.7 Å². The van der Waals surface area contributed by atoms with Crippen molar-refractivity contribution in [3.05, 3.63) is 75.8 Å². The lowest BCUT2D eigenvalue weighted by Crippen LogP contribution is -2.51. The molecule has 1 atom stereocenters. The molecule has 0 fully saturated rings. The second kappa shape index (κ2) is 9.55. The van der Waals surface area contributed by atoms with E-state index in [-0.39, 0.29) is 29.8 Å². The highest BCUT2D eigenvalue weighted by Gasteiger charge is 2.29. The van der Waals surface area contributed by atoms with Gasteiger partial charge in [-0.05, 0) is 44.0 Å². The molecule has 31 heavy (non-hydrogen) atoms. The van der Waals surface area contributed by atoms with Crippen molar-refractivity contribution >= 4 is 22.7 Å². The Morgan fingerprint density at radius 3 is 2.55 bits per heavy atom. The van der Waals surface area contributed by atoms with Gasteiger partial charge >= 0.3 is 0 Å². The molecule has 1 aromatic heterocycles. The van der Waals surface area contributed by atoms with Crippen LogP contribution in [0.2, 0.25) is 0 Å². The third-order valence-electron chi connectivity index (χ3n) is 5.20. The summed E-state index contributed by atoms with van der Waals surface area (Å²) < 4.78 is 0. The second-order valence-electron chi connectivity index (χ2n) is 7.95. The molecule has 0 radical (unpaired) electrons. The molecule has 2 amide bonds. The lowest BCUT2D eigenvalue weighted by molar-refractivity contribution is -0.134. The molecule has 162 valence electrons. The summed E-state index contributed by atoms with van der Waals surface area (Å²) in [4.78, 5) is 47.2. The van der Waals surface area contributed by atoms with Crippen LogP contribution < -0.4 is 10.9 Å². The molecule has 7 heteroatoms. The molecule has 2 N–H and O–H groups in total. The number of H-pyrrole nitrogens is 1. The molecule has 1 heterocycles. The summed E-state index contributed by atoms with van der Waals surface area (Å²) in [6.45, 7) is 8.12. The van der Waals surface area contributed by atoms with Gasteiger partial charge in [-0.2, -0.15) is 0 Å². The highest BCUT2D eigenvalue weighted by Crippen LogP contribution is 2.12. The fourth-order valence-electron chi connectivity index (χ4n) is 3.46. The van der Waals surface area contributed by atoms with Gasteiger partial charge in [-0.3, -0.25) is 14.4 Å². The van der Waals surface area contributed by atoms with Crippen molar-refractivity contribution in [3.63, 3.8) is 0 Å². The Hall–Kier alpha value is -3.48. The fourth-order valence-corrected chi connectivity index (χ4v) is 3.46. The minimum absolute atomic E-state index is 0.112. The summed E-state index contributed by atoms with van der Waals surface area (Å²) >= 11 is 0. The van der Waals surface area contributed by atoms with Crippen LogP contribution in [-0.4, -0.2) is 39.3 Å². The van der Waals surface area contributed by atoms with Gasteiger partial charge in [0.2, 0.25) is 5.91 Å². The number of para-hydroxylation sites is 1. The second-order valence-corrected chi connectivity index (χ2v) is 7.95. The molecule has 0 spiro atoms. The van der Waals surface area contributed by atoms with Crippen LogP contribution in [0.1, 0.15) is 42.5 Å². The molecule has 3 aromatic rings. The Morgan fingerprint density at radius 2 is 1.87 bits per heavy atom. The molecule has 7 nitrogen and oxygen atoms in total. The molecule has 2 aromatic carbocycles. The van der Waals surface area contributed by atoms with Crippen LogP contribution in [0.25, 0.3) is 10.9 Å². The molecule has 0 saturated carbocycles. The van der Waals surface area contributed by atoms with Crippen LogP contribution in [0.3, 0.4) is 0 Å². The number of hydrogen-bond donors (Lipinski definition) is 2. The van der Waals surface area contributed by atoms with Crippen LogP contribution in [0.15, 0.2) is 53.3 Å². The zero-order valence-corrected chi connectivity index (χ0v) is 18.3. The number of amides is 2. The van der Waals surface area contributed by atoms with Gasteiger partial charge in [0.1, 0.15) is 11.9 Å². The predicted molar refractivity (Wildman–Crippen MR) is 121 cm³/mol. The monoisotopic (exact) mass is 420 g/mol. The van der Waals surface area contributed by atoms with Crippen molar-refractivity contribution < 1.29 is 9.59 Å². The predicted octanol–water partition coefficient (Wildman–Crippen LogP) is 3.03. The molecule has 1 unspecified atom stereocenters. The van der Waals surface area contributed by atoms with Gasteiger partial charge in [0.15, 0.2) is 0 Å². The largest absolute Gasteiger partial charge is 0.340 e. The Morgan fingerprint density at radius 1 is 1.13 bits per heavy atom. The third kappa shape index (κ3) is 5.17. The quantitative estimate of drug-likeness (QED) is 0.614. The normalized spacial score (nSPS) is 12.0. The van der Waals surface area contributed by atoms with E-state index >= 15 is 0 Å². The zero-order valence-electron chi connectivity index (χ0n) is 18.3. The average molecular weight is 421 g/mol. The minimum Gasteiger partial charge on any atom is -0.340 e. The van der Waals surface area contributed by atoms with E-state index in [0.717, 1.165) is 5.56 Å². The van der Waals surface area contributed by atoms with Crippen molar-refractivity contribution in [3.8, 4) is 0 Å². The number of carbonyl (C=O) groups excluding carboxylic acids is 2. The number of aryl methyl sites for hydroxylation is 1. The molecule has 0 aliphatic rings. The first-order valence-electron chi connectivity index (χ1n) is 10.4. The van der Waals surface area contributed by atoms with Crippen LogP contribution in [0, 0.1) is 12.8 Å². The topological polar surface area (TPSA) is 95.2 Å². The number of aromatic amines is 1. The molecule has 0 saturated heterocycles. The first-order valence-corrected chi connectivity index (χ1v) is 10.4. The minimum atomic E-state index is -0.694. The van der Waals surface area contributed by atoms with E-state index in [2.05, 4.69) is 15.3 Å². The average Bonchev–Trinajstić information content (AvgIpc) is 2.75. The third-order valence-corrected chi connectivity index (χ3v) is 5.20. The van der Waals surface area contributed by atoms with Gasteiger partial charge in [-0.25, -0.2) is 4.98 Å². The van der Waals surface area contributed by atoms with Gasteiger partial charge in [0.05, 0.1) is 17.4 Å². The van der Waals surface area contributed by atoms with E-state index in [1.165, 1.54) is 0 Å². The summed E-state index contributed by atoms with van der Waals surface area (Å²) in [6, 6.07) is 13.6. The molecular formula is C24H28N4O3. The van der Waals surface area contributed by atoms with Crippen LogP contribution >= 0.6 is 0 Å². The summed E-state index contributed by atoms with van der Waals surface area (Å²) in [6.07, 6.45) is 0. The van der Waals surface area contributed by atoms with Gasteiger partial charge in [-0.15, -0.1) is 0 Å². The smallest absolute Gasteiger partial charge is 0.258 e. The lowest BCUT2D eigenvalue weighted by Gasteiger charge is -2.29. The van der Waals surface area contributed by atoms with Crippen LogP contribution in [0.5, 0.6) is 0 Å². The van der Waals surface area contributed by atoms with Crippen molar-refractivity contribution in [2.75, 3.05) is 6.54 Å². The van der Waals surface area contributed by atoms with E-state index in [4.69, 9.17) is 0 Å². The number of nitrogens with one attached hydrogen (secondary N) is 2. The van der Waals surface area contributed by atoms with Gasteiger partial charge in [0, 0.05) is 12.1 Å². The molecule has 3 rings (SSSR count). The van der Waals surface area contributed by atoms with Crippen molar-refractivity contribution in [2.45, 2.75) is 40.3 Å². The highest BCUT2D eigenvalue weighted by atomic mass is 16.2. The first-order chi connectivity index (χ1) is 14.8. The number of hydrogen-bond acceptors (Lipinski definition) is 4. The number of rotatable bonds is 7. The maximum Gasteiger partial charge on any atom is 0.258 e. The Bertz CT molecular complexity index is 1150. The highest BCUT2D eigenvalue weighted by molar-refractivity contribution is 5.97. The number of fused-ring (bicyclic) bond motifs is 1. The van der Waals surface area contributed by atoms with Crippen molar-refractivity contribution in [1.29, 1.82) is 0 Å². The molecular weight excluding hydrogens is 392 g/mol. The summed E-state index contributed by atoms with van der Waals surface area (Å²) in [5.41, 5.74) is 1.83. The maximum absolute atomic E-state index is 13.3. The Labute approximate surface area is 181 Å². The molecule has 0 bridgehead atoms. The summed E-state index contributed by atoms with van der Waals surface area (Å²) in [5, 5.41) is 3.38. The molecule has 0 aliphatic heterocycles. The number of aromatic nitrogens is 2. The Kier molecular flexibility index (Phi) is 6.84. The van der Waals surface area contributed by atoms with E-state index in [0.29, 0.717) is 28.8 Å². The van der Waals surface area contributed by atoms with E-state index < -0.39 is 6.04 Å². The first kappa shape index (κ1) is 22.2. The number of carbonyl (C=O) groups is 2. The summed E-state index contributed by atoms with van der Waals surface area (Å²) in [7, 11) is 0. The van der Waals surface area contributed by atoms with Crippen LogP contribution in [0.4, 0.5) is 0 Å². The van der Waals surface area contributed by atoms with Crippen LogP contribution in [-0.2, 0) is 11.3 Å². The van der Waals surface area contributed by atoms with Gasteiger partial charge < -0.3 is 15.2 Å².